The quantitative estimate of drug-likeness (QED) is 0.657. The normalized spacial score (nSPS) is 20.3. The number of hydrogen-bond donors (Lipinski definition) is 2. The Labute approximate surface area is 91.6 Å². The maximum absolute atomic E-state index is 11.2. The summed E-state index contributed by atoms with van der Waals surface area (Å²) in [6.45, 7) is 5.95. The molecule has 0 radical (unpaired) electrons. The highest BCUT2D eigenvalue weighted by Crippen LogP contribution is 2.29. The third-order valence-corrected chi connectivity index (χ3v) is 2.89. The fourth-order valence-electron chi connectivity index (χ4n) is 1.93. The molecule has 0 heterocycles. The second kappa shape index (κ2) is 4.94. The minimum atomic E-state index is -0.821. The van der Waals surface area contributed by atoms with Crippen molar-refractivity contribution in [3.63, 3.8) is 0 Å². The molecule has 0 aromatic rings. The van der Waals surface area contributed by atoms with Gasteiger partial charge in [-0.2, -0.15) is 0 Å². The summed E-state index contributed by atoms with van der Waals surface area (Å²) in [5.41, 5.74) is -0.821. The van der Waals surface area contributed by atoms with Crippen molar-refractivity contribution in [2.24, 2.45) is 5.92 Å². The zero-order valence-electron chi connectivity index (χ0n) is 9.92. The van der Waals surface area contributed by atoms with E-state index in [9.17, 15) is 9.90 Å². The van der Waals surface area contributed by atoms with Gasteiger partial charge in [-0.3, -0.25) is 4.79 Å². The Morgan fingerprint density at radius 3 is 2.60 bits per heavy atom. The molecule has 4 heteroatoms. The number of aliphatic carboxylic acids is 1. The van der Waals surface area contributed by atoms with Crippen LogP contribution in [0.25, 0.3) is 0 Å². The van der Waals surface area contributed by atoms with Gasteiger partial charge in [0.05, 0.1) is 0 Å². The lowest BCUT2D eigenvalue weighted by molar-refractivity contribution is -0.144. The third kappa shape index (κ3) is 3.80. The van der Waals surface area contributed by atoms with Gasteiger partial charge in [-0.15, -0.1) is 0 Å². The van der Waals surface area contributed by atoms with Crippen LogP contribution >= 0.6 is 0 Å². The average molecular weight is 214 g/mol. The molecular weight excluding hydrogens is 192 g/mol. The molecule has 1 saturated carbocycles. The van der Waals surface area contributed by atoms with Crippen molar-refractivity contribution in [3.8, 4) is 0 Å². The first-order chi connectivity index (χ1) is 6.98. The van der Waals surface area contributed by atoms with Crippen LogP contribution in [0.4, 0.5) is 0 Å². The Morgan fingerprint density at radius 2 is 2.20 bits per heavy atom. The number of carbonyl (C=O) groups is 1. The van der Waals surface area contributed by atoms with Crippen molar-refractivity contribution in [1.29, 1.82) is 0 Å². The number of rotatable bonds is 7. The van der Waals surface area contributed by atoms with Crippen LogP contribution in [0.1, 0.15) is 26.7 Å². The molecule has 0 aliphatic heterocycles. The number of likely N-dealkylation sites (N-methyl/N-ethyl adjacent to an activating group) is 2. The molecule has 0 saturated heterocycles. The molecule has 0 aromatic heterocycles. The minimum Gasteiger partial charge on any atom is -0.480 e. The summed E-state index contributed by atoms with van der Waals surface area (Å²) in [5.74, 6) is 0.0293. The first-order valence-corrected chi connectivity index (χ1v) is 5.65. The standard InChI is InChI=1S/C11H22N2O2/c1-4-12-11(2,10(14)15)8-13(3)7-9-5-6-9/h9,12H,4-8H2,1-3H3,(H,14,15). The predicted octanol–water partition coefficient (Wildman–Crippen LogP) is 0.781. The molecule has 0 aromatic carbocycles. The molecular formula is C11H22N2O2. The number of carboxylic acid groups (broad SMARTS) is 1. The van der Waals surface area contributed by atoms with Crippen LogP contribution in [0, 0.1) is 5.92 Å². The molecule has 2 N–H and O–H groups in total. The van der Waals surface area contributed by atoms with Crippen molar-refractivity contribution in [1.82, 2.24) is 10.2 Å². The van der Waals surface area contributed by atoms with Crippen LogP contribution in [0.15, 0.2) is 0 Å². The van der Waals surface area contributed by atoms with Crippen LogP contribution in [-0.2, 0) is 4.79 Å². The lowest BCUT2D eigenvalue weighted by Gasteiger charge is -2.30. The Kier molecular flexibility index (Phi) is 4.11. The molecule has 0 bridgehead atoms. The van der Waals surface area contributed by atoms with E-state index in [1.54, 1.807) is 6.92 Å². The molecule has 1 unspecified atom stereocenters. The Hall–Kier alpha value is -0.610. The van der Waals surface area contributed by atoms with E-state index in [1.807, 2.05) is 14.0 Å². The SMILES string of the molecule is CCNC(C)(CN(C)CC1CC1)C(=O)O. The first kappa shape index (κ1) is 12.5. The number of carboxylic acids is 1. The van der Waals surface area contributed by atoms with Gasteiger partial charge in [0, 0.05) is 13.1 Å². The van der Waals surface area contributed by atoms with Crippen molar-refractivity contribution < 1.29 is 9.90 Å². The predicted molar refractivity (Wildman–Crippen MR) is 59.9 cm³/mol. The van der Waals surface area contributed by atoms with Gasteiger partial charge in [0.25, 0.3) is 0 Å². The van der Waals surface area contributed by atoms with E-state index in [0.717, 1.165) is 12.5 Å². The Bertz CT molecular complexity index is 229. The second-order valence-corrected chi connectivity index (χ2v) is 4.81. The molecule has 1 fully saturated rings. The molecule has 15 heavy (non-hydrogen) atoms. The van der Waals surface area contributed by atoms with E-state index < -0.39 is 11.5 Å². The molecule has 1 atom stereocenters. The topological polar surface area (TPSA) is 52.6 Å². The summed E-state index contributed by atoms with van der Waals surface area (Å²) >= 11 is 0. The molecule has 4 nitrogen and oxygen atoms in total. The third-order valence-electron chi connectivity index (χ3n) is 2.89. The fourth-order valence-corrected chi connectivity index (χ4v) is 1.93. The summed E-state index contributed by atoms with van der Waals surface area (Å²) in [6, 6.07) is 0. The first-order valence-electron chi connectivity index (χ1n) is 5.65. The summed E-state index contributed by atoms with van der Waals surface area (Å²) in [6.07, 6.45) is 2.60. The van der Waals surface area contributed by atoms with Gasteiger partial charge in [-0.1, -0.05) is 6.92 Å². The van der Waals surface area contributed by atoms with Gasteiger partial charge in [0.15, 0.2) is 0 Å². The summed E-state index contributed by atoms with van der Waals surface area (Å²) in [4.78, 5) is 13.3. The molecule has 1 aliphatic carbocycles. The molecule has 1 aliphatic rings. The van der Waals surface area contributed by atoms with Crippen molar-refractivity contribution in [3.05, 3.63) is 0 Å². The average Bonchev–Trinajstić information content (AvgIpc) is 2.87. The van der Waals surface area contributed by atoms with Crippen molar-refractivity contribution >= 4 is 5.97 Å². The van der Waals surface area contributed by atoms with Gasteiger partial charge in [-0.25, -0.2) is 0 Å². The van der Waals surface area contributed by atoms with Gasteiger partial charge < -0.3 is 15.3 Å². The van der Waals surface area contributed by atoms with E-state index in [-0.39, 0.29) is 0 Å². The Balaban J connectivity index is 2.44. The van der Waals surface area contributed by atoms with Crippen LogP contribution in [0.5, 0.6) is 0 Å². The fraction of sp³-hybridized carbons (Fsp3) is 0.909. The largest absolute Gasteiger partial charge is 0.480 e. The van der Waals surface area contributed by atoms with Gasteiger partial charge in [-0.05, 0) is 39.3 Å². The van der Waals surface area contributed by atoms with Crippen molar-refractivity contribution in [2.45, 2.75) is 32.2 Å². The highest BCUT2D eigenvalue weighted by molar-refractivity contribution is 5.78. The lowest BCUT2D eigenvalue weighted by atomic mass is 10.0. The van der Waals surface area contributed by atoms with Gasteiger partial charge in [0.1, 0.15) is 5.54 Å². The van der Waals surface area contributed by atoms with Crippen LogP contribution < -0.4 is 5.32 Å². The van der Waals surface area contributed by atoms with Crippen LogP contribution in [0.3, 0.4) is 0 Å². The molecule has 1 rings (SSSR count). The minimum absolute atomic E-state index is 0.562. The Morgan fingerprint density at radius 1 is 1.60 bits per heavy atom. The zero-order chi connectivity index (χ0) is 11.5. The summed E-state index contributed by atoms with van der Waals surface area (Å²) < 4.78 is 0. The molecule has 88 valence electrons. The monoisotopic (exact) mass is 214 g/mol. The zero-order valence-corrected chi connectivity index (χ0v) is 9.92. The van der Waals surface area contributed by atoms with Crippen LogP contribution in [-0.4, -0.2) is 48.2 Å². The van der Waals surface area contributed by atoms with Crippen LogP contribution in [0.2, 0.25) is 0 Å². The second-order valence-electron chi connectivity index (χ2n) is 4.81. The summed E-state index contributed by atoms with van der Waals surface area (Å²) in [5, 5.41) is 12.2. The van der Waals surface area contributed by atoms with E-state index in [1.165, 1.54) is 12.8 Å². The number of hydrogen-bond acceptors (Lipinski definition) is 3. The van der Waals surface area contributed by atoms with Gasteiger partial charge in [0.2, 0.25) is 0 Å². The highest BCUT2D eigenvalue weighted by atomic mass is 16.4. The lowest BCUT2D eigenvalue weighted by Crippen LogP contribution is -2.56. The number of nitrogens with one attached hydrogen (secondary N) is 1. The van der Waals surface area contributed by atoms with E-state index in [4.69, 9.17) is 0 Å². The maximum atomic E-state index is 11.2. The molecule has 0 amide bonds. The van der Waals surface area contributed by atoms with Gasteiger partial charge >= 0.3 is 5.97 Å². The van der Waals surface area contributed by atoms with E-state index >= 15 is 0 Å². The highest BCUT2D eigenvalue weighted by Gasteiger charge is 2.34. The maximum Gasteiger partial charge on any atom is 0.324 e. The molecule has 0 spiro atoms. The number of nitrogens with zero attached hydrogens (tertiary/aromatic N) is 1. The van der Waals surface area contributed by atoms with Crippen molar-refractivity contribution in [2.75, 3.05) is 26.7 Å². The summed E-state index contributed by atoms with van der Waals surface area (Å²) in [7, 11) is 2.00. The van der Waals surface area contributed by atoms with E-state index in [2.05, 4.69) is 10.2 Å². The smallest absolute Gasteiger partial charge is 0.324 e. The van der Waals surface area contributed by atoms with E-state index in [0.29, 0.717) is 13.1 Å².